The Morgan fingerprint density at radius 1 is 1.69 bits per heavy atom. The lowest BCUT2D eigenvalue weighted by Gasteiger charge is -2.08. The first-order valence-electron chi connectivity index (χ1n) is 4.77. The quantitative estimate of drug-likeness (QED) is 0.655. The van der Waals surface area contributed by atoms with Gasteiger partial charge in [-0.1, -0.05) is 0 Å². The number of ether oxygens (including phenoxy) is 1. The Morgan fingerprint density at radius 3 is 3.08 bits per heavy atom. The van der Waals surface area contributed by atoms with E-state index < -0.39 is 0 Å². The van der Waals surface area contributed by atoms with Crippen LogP contribution in [-0.4, -0.2) is 27.5 Å². The molecule has 4 nitrogen and oxygen atoms in total. The fourth-order valence-electron chi connectivity index (χ4n) is 1.41. The molecule has 13 heavy (non-hydrogen) atoms. The van der Waals surface area contributed by atoms with Crippen LogP contribution in [0.25, 0.3) is 0 Å². The summed E-state index contributed by atoms with van der Waals surface area (Å²) in [5, 5.41) is 4.18. The monoisotopic (exact) mass is 181 g/mol. The molecule has 1 aromatic rings. The molecule has 1 aliphatic rings. The molecule has 0 N–H and O–H groups in total. The van der Waals surface area contributed by atoms with Gasteiger partial charge in [-0.15, -0.1) is 0 Å². The van der Waals surface area contributed by atoms with E-state index in [1.165, 1.54) is 0 Å². The van der Waals surface area contributed by atoms with Crippen LogP contribution >= 0.6 is 0 Å². The van der Waals surface area contributed by atoms with Gasteiger partial charge in [0.2, 0.25) is 0 Å². The van der Waals surface area contributed by atoms with E-state index in [1.54, 1.807) is 6.33 Å². The van der Waals surface area contributed by atoms with E-state index in [9.17, 15) is 0 Å². The zero-order valence-corrected chi connectivity index (χ0v) is 8.10. The Labute approximate surface area is 77.9 Å². The predicted molar refractivity (Wildman–Crippen MR) is 48.5 cm³/mol. The maximum Gasteiger partial charge on any atom is 0.138 e. The number of rotatable bonds is 4. The van der Waals surface area contributed by atoms with Gasteiger partial charge in [-0.25, -0.2) is 9.67 Å². The van der Waals surface area contributed by atoms with Gasteiger partial charge in [0.25, 0.3) is 0 Å². The minimum absolute atomic E-state index is 0.401. The lowest BCUT2D eigenvalue weighted by molar-refractivity contribution is 0.391. The highest BCUT2D eigenvalue weighted by atomic mass is 16.6. The van der Waals surface area contributed by atoms with Gasteiger partial charge in [-0.2, -0.15) is 5.10 Å². The number of hydrogen-bond acceptors (Lipinski definition) is 3. The molecule has 0 radical (unpaired) electrons. The van der Waals surface area contributed by atoms with Crippen LogP contribution in [0.3, 0.4) is 0 Å². The summed E-state index contributed by atoms with van der Waals surface area (Å²) in [6.07, 6.45) is 4.16. The topological polar surface area (TPSA) is 43.2 Å². The third kappa shape index (κ3) is 2.06. The maximum absolute atomic E-state index is 5.15. The second-order valence-corrected chi connectivity index (χ2v) is 3.71. The Balaban J connectivity index is 1.96. The zero-order chi connectivity index (χ0) is 9.26. The molecule has 72 valence electrons. The van der Waals surface area contributed by atoms with Crippen LogP contribution in [0.15, 0.2) is 6.33 Å². The lowest BCUT2D eigenvalue weighted by atomic mass is 10.2. The van der Waals surface area contributed by atoms with Gasteiger partial charge in [0, 0.05) is 12.5 Å². The summed E-state index contributed by atoms with van der Waals surface area (Å²) in [4.78, 5) is 4.23. The van der Waals surface area contributed by atoms with E-state index >= 15 is 0 Å². The summed E-state index contributed by atoms with van der Waals surface area (Å²) in [7, 11) is 0. The summed E-state index contributed by atoms with van der Waals surface area (Å²) in [5.74, 6) is 1.07. The molecule has 0 bridgehead atoms. The average molecular weight is 181 g/mol. The number of epoxide rings is 1. The molecular formula is C9H15N3O. The highest BCUT2D eigenvalue weighted by Gasteiger charge is 2.22. The van der Waals surface area contributed by atoms with E-state index in [2.05, 4.69) is 23.9 Å². The number of hydrogen-bond donors (Lipinski definition) is 0. The molecule has 2 rings (SSSR count). The average Bonchev–Trinajstić information content (AvgIpc) is 2.79. The van der Waals surface area contributed by atoms with Gasteiger partial charge in [0.05, 0.1) is 12.7 Å². The predicted octanol–water partition coefficient (Wildman–Crippen LogP) is 1.19. The molecule has 0 aromatic carbocycles. The van der Waals surface area contributed by atoms with Gasteiger partial charge >= 0.3 is 0 Å². The highest BCUT2D eigenvalue weighted by molar-refractivity contribution is 4.88. The largest absolute Gasteiger partial charge is 0.373 e. The summed E-state index contributed by atoms with van der Waals surface area (Å²) in [6, 6.07) is 0.401. The highest BCUT2D eigenvalue weighted by Crippen LogP contribution is 2.16. The van der Waals surface area contributed by atoms with Crippen molar-refractivity contribution in [2.45, 2.75) is 38.8 Å². The molecule has 1 aliphatic heterocycles. The van der Waals surface area contributed by atoms with Crippen molar-refractivity contribution in [1.29, 1.82) is 0 Å². The SMILES string of the molecule is CC(C)n1ncnc1CCC1CO1. The fraction of sp³-hybridized carbons (Fsp3) is 0.778. The van der Waals surface area contributed by atoms with Gasteiger partial charge in [-0.05, 0) is 20.3 Å². The van der Waals surface area contributed by atoms with E-state index in [0.29, 0.717) is 12.1 Å². The number of aryl methyl sites for hydroxylation is 1. The van der Waals surface area contributed by atoms with Crippen LogP contribution in [0.2, 0.25) is 0 Å². The van der Waals surface area contributed by atoms with E-state index in [4.69, 9.17) is 4.74 Å². The van der Waals surface area contributed by atoms with E-state index in [-0.39, 0.29) is 0 Å². The minimum Gasteiger partial charge on any atom is -0.373 e. The molecule has 2 heterocycles. The van der Waals surface area contributed by atoms with Crippen LogP contribution in [0.4, 0.5) is 0 Å². The molecule has 0 spiro atoms. The van der Waals surface area contributed by atoms with Gasteiger partial charge < -0.3 is 4.74 Å². The van der Waals surface area contributed by atoms with E-state index in [0.717, 1.165) is 25.3 Å². The second-order valence-electron chi connectivity index (χ2n) is 3.71. The molecule has 0 saturated carbocycles. The Morgan fingerprint density at radius 2 is 2.46 bits per heavy atom. The standard InChI is InChI=1S/C9H15N3O/c1-7(2)12-9(10-6-11-12)4-3-8-5-13-8/h6-8H,3-5H2,1-2H3. The number of aromatic nitrogens is 3. The molecular weight excluding hydrogens is 166 g/mol. The first-order valence-corrected chi connectivity index (χ1v) is 4.77. The van der Waals surface area contributed by atoms with Crippen molar-refractivity contribution in [1.82, 2.24) is 14.8 Å². The maximum atomic E-state index is 5.15. The zero-order valence-electron chi connectivity index (χ0n) is 8.10. The van der Waals surface area contributed by atoms with Crippen molar-refractivity contribution in [3.63, 3.8) is 0 Å². The van der Waals surface area contributed by atoms with Crippen molar-refractivity contribution in [2.75, 3.05) is 6.61 Å². The molecule has 4 heteroatoms. The molecule has 1 unspecified atom stereocenters. The van der Waals surface area contributed by atoms with Gasteiger partial charge in [0.1, 0.15) is 12.2 Å². The van der Waals surface area contributed by atoms with Gasteiger partial charge in [0.15, 0.2) is 0 Å². The summed E-state index contributed by atoms with van der Waals surface area (Å²) >= 11 is 0. The van der Waals surface area contributed by atoms with E-state index in [1.807, 2.05) is 4.68 Å². The first-order chi connectivity index (χ1) is 6.27. The lowest BCUT2D eigenvalue weighted by Crippen LogP contribution is -2.09. The summed E-state index contributed by atoms with van der Waals surface area (Å²) in [6.45, 7) is 5.16. The Kier molecular flexibility index (Phi) is 2.31. The molecule has 0 amide bonds. The fourth-order valence-corrected chi connectivity index (χ4v) is 1.41. The molecule has 1 aromatic heterocycles. The normalized spacial score (nSPS) is 21.0. The van der Waals surface area contributed by atoms with Crippen molar-refractivity contribution in [3.05, 3.63) is 12.2 Å². The second kappa shape index (κ2) is 3.46. The minimum atomic E-state index is 0.401. The van der Waals surface area contributed by atoms with Crippen molar-refractivity contribution < 1.29 is 4.74 Å². The third-order valence-corrected chi connectivity index (χ3v) is 2.23. The van der Waals surface area contributed by atoms with Crippen molar-refractivity contribution in [3.8, 4) is 0 Å². The summed E-state index contributed by atoms with van der Waals surface area (Å²) < 4.78 is 7.12. The molecule has 1 fully saturated rings. The first kappa shape index (κ1) is 8.69. The van der Waals surface area contributed by atoms with Crippen LogP contribution in [0.5, 0.6) is 0 Å². The Bertz CT molecular complexity index is 278. The van der Waals surface area contributed by atoms with Crippen LogP contribution < -0.4 is 0 Å². The molecule has 1 saturated heterocycles. The van der Waals surface area contributed by atoms with Crippen LogP contribution in [0, 0.1) is 0 Å². The molecule has 1 atom stereocenters. The Hall–Kier alpha value is -0.900. The third-order valence-electron chi connectivity index (χ3n) is 2.23. The van der Waals surface area contributed by atoms with Crippen LogP contribution in [-0.2, 0) is 11.2 Å². The van der Waals surface area contributed by atoms with Crippen LogP contribution in [0.1, 0.15) is 32.1 Å². The van der Waals surface area contributed by atoms with Gasteiger partial charge in [-0.3, -0.25) is 0 Å². The smallest absolute Gasteiger partial charge is 0.138 e. The number of nitrogens with zero attached hydrogens (tertiary/aromatic N) is 3. The van der Waals surface area contributed by atoms with Crippen molar-refractivity contribution >= 4 is 0 Å². The van der Waals surface area contributed by atoms with Crippen molar-refractivity contribution in [2.24, 2.45) is 0 Å². The molecule has 0 aliphatic carbocycles. The summed E-state index contributed by atoms with van der Waals surface area (Å²) in [5.41, 5.74) is 0.